The summed E-state index contributed by atoms with van der Waals surface area (Å²) in [5.74, 6) is -0.125. The Kier molecular flexibility index (Phi) is 2.77. The summed E-state index contributed by atoms with van der Waals surface area (Å²) in [6.07, 6.45) is 0. The molecule has 0 bridgehead atoms. The van der Waals surface area contributed by atoms with Crippen LogP contribution in [0.3, 0.4) is 0 Å². The van der Waals surface area contributed by atoms with E-state index in [2.05, 4.69) is 5.32 Å². The van der Waals surface area contributed by atoms with Gasteiger partial charge in [0.25, 0.3) is 0 Å². The lowest BCUT2D eigenvalue weighted by Crippen LogP contribution is -2.12. The third-order valence-electron chi connectivity index (χ3n) is 2.81. The molecular weight excluding hydrogens is 184 g/mol. The van der Waals surface area contributed by atoms with E-state index in [1.54, 1.807) is 6.07 Å². The molecule has 0 spiro atoms. The monoisotopic (exact) mass is 197 g/mol. The van der Waals surface area contributed by atoms with Crippen LogP contribution < -0.4 is 5.32 Å². The first-order valence-electron chi connectivity index (χ1n) is 4.83. The van der Waals surface area contributed by atoms with E-state index >= 15 is 0 Å². The normalized spacial score (nSPS) is 26.7. The average Bonchev–Trinajstić information content (AvgIpc) is 2.65. The molecule has 1 N–H and O–H groups in total. The van der Waals surface area contributed by atoms with Crippen LogP contribution in [0.1, 0.15) is 11.5 Å². The van der Waals surface area contributed by atoms with Crippen molar-refractivity contribution in [3.63, 3.8) is 0 Å². The summed E-state index contributed by atoms with van der Waals surface area (Å²) in [6.45, 7) is 1.10. The minimum absolute atomic E-state index is 0.00296. The first kappa shape index (κ1) is 9.59. The highest BCUT2D eigenvalue weighted by atomic mass is 19.1. The lowest BCUT2D eigenvalue weighted by atomic mass is 9.90. The topological polar surface area (TPSA) is 12.0 Å². The Morgan fingerprint density at radius 1 is 1.36 bits per heavy atom. The zero-order valence-corrected chi connectivity index (χ0v) is 7.84. The zero-order chi connectivity index (χ0) is 9.97. The summed E-state index contributed by atoms with van der Waals surface area (Å²) >= 11 is 0. The number of benzene rings is 1. The van der Waals surface area contributed by atoms with Gasteiger partial charge in [-0.2, -0.15) is 0 Å². The fraction of sp³-hybridized carbons (Fsp3) is 0.455. The van der Waals surface area contributed by atoms with E-state index in [1.165, 1.54) is 12.1 Å². The molecule has 76 valence electrons. The number of hydrogen-bond donors (Lipinski definition) is 1. The third kappa shape index (κ3) is 1.77. The molecule has 0 saturated carbocycles. The number of alkyl halides is 1. The van der Waals surface area contributed by atoms with Crippen LogP contribution in [0, 0.1) is 11.7 Å². The Hall–Kier alpha value is -0.960. The molecule has 1 aliphatic heterocycles. The summed E-state index contributed by atoms with van der Waals surface area (Å²) in [5.41, 5.74) is 0.901. The zero-order valence-electron chi connectivity index (χ0n) is 7.84. The summed E-state index contributed by atoms with van der Waals surface area (Å²) in [6, 6.07) is 6.46. The fourth-order valence-electron chi connectivity index (χ4n) is 2.02. The van der Waals surface area contributed by atoms with Gasteiger partial charge in [0, 0.05) is 24.9 Å². The van der Waals surface area contributed by atoms with Gasteiger partial charge in [-0.05, 0) is 17.7 Å². The summed E-state index contributed by atoms with van der Waals surface area (Å²) in [5, 5.41) is 3.13. The second-order valence-electron chi connectivity index (χ2n) is 3.73. The minimum Gasteiger partial charge on any atom is -0.316 e. The molecule has 2 rings (SSSR count). The quantitative estimate of drug-likeness (QED) is 0.765. The van der Waals surface area contributed by atoms with Gasteiger partial charge in [-0.25, -0.2) is 4.39 Å². The first-order chi connectivity index (χ1) is 6.81. The maximum Gasteiger partial charge on any atom is 0.123 e. The van der Waals surface area contributed by atoms with Crippen molar-refractivity contribution in [3.05, 3.63) is 35.6 Å². The molecule has 14 heavy (non-hydrogen) atoms. The molecule has 0 aromatic heterocycles. The third-order valence-corrected chi connectivity index (χ3v) is 2.81. The maximum absolute atomic E-state index is 12.9. The molecule has 1 nitrogen and oxygen atoms in total. The average molecular weight is 197 g/mol. The lowest BCUT2D eigenvalue weighted by Gasteiger charge is -2.15. The van der Waals surface area contributed by atoms with Crippen molar-refractivity contribution in [3.8, 4) is 0 Å². The highest BCUT2D eigenvalue weighted by Gasteiger charge is 2.28. The summed E-state index contributed by atoms with van der Waals surface area (Å²) in [7, 11) is 0. The van der Waals surface area contributed by atoms with Gasteiger partial charge in [0.1, 0.15) is 5.82 Å². The predicted octanol–water partition coefficient (Wildman–Crippen LogP) is 2.10. The number of nitrogens with one attached hydrogen (secondary N) is 1. The van der Waals surface area contributed by atoms with Crippen molar-refractivity contribution in [1.29, 1.82) is 0 Å². The Bertz CT molecular complexity index is 314. The fourth-order valence-corrected chi connectivity index (χ4v) is 2.02. The smallest absolute Gasteiger partial charge is 0.123 e. The molecule has 2 atom stereocenters. The molecule has 1 aliphatic rings. The first-order valence-corrected chi connectivity index (χ1v) is 4.83. The second kappa shape index (κ2) is 4.05. The molecule has 1 aromatic carbocycles. The Labute approximate surface area is 82.1 Å². The molecule has 2 unspecified atom stereocenters. The van der Waals surface area contributed by atoms with Gasteiger partial charge in [-0.1, -0.05) is 12.1 Å². The van der Waals surface area contributed by atoms with Crippen molar-refractivity contribution in [2.24, 2.45) is 5.92 Å². The van der Waals surface area contributed by atoms with Gasteiger partial charge in [0.05, 0.1) is 6.67 Å². The Balaban J connectivity index is 2.21. The maximum atomic E-state index is 12.9. The number of halogens is 2. The molecule has 1 saturated heterocycles. The molecule has 1 heterocycles. The van der Waals surface area contributed by atoms with E-state index in [0.717, 1.165) is 12.1 Å². The van der Waals surface area contributed by atoms with E-state index in [0.29, 0.717) is 6.54 Å². The molecular formula is C11H13F2N. The Morgan fingerprint density at radius 2 is 2.21 bits per heavy atom. The molecule has 3 heteroatoms. The van der Waals surface area contributed by atoms with Gasteiger partial charge in [-0.15, -0.1) is 0 Å². The highest BCUT2D eigenvalue weighted by Crippen LogP contribution is 2.28. The minimum atomic E-state index is -0.339. The van der Waals surface area contributed by atoms with Crippen LogP contribution in [0.5, 0.6) is 0 Å². The van der Waals surface area contributed by atoms with Crippen LogP contribution in [-0.2, 0) is 0 Å². The lowest BCUT2D eigenvalue weighted by molar-refractivity contribution is 0.358. The molecule has 1 aromatic rings. The van der Waals surface area contributed by atoms with E-state index in [4.69, 9.17) is 0 Å². The highest BCUT2D eigenvalue weighted by molar-refractivity contribution is 5.23. The van der Waals surface area contributed by atoms with Crippen molar-refractivity contribution in [1.82, 2.24) is 5.32 Å². The van der Waals surface area contributed by atoms with Crippen LogP contribution in [0.2, 0.25) is 0 Å². The van der Waals surface area contributed by atoms with Crippen molar-refractivity contribution < 1.29 is 8.78 Å². The van der Waals surface area contributed by atoms with Gasteiger partial charge < -0.3 is 5.32 Å². The van der Waals surface area contributed by atoms with Crippen LogP contribution in [0.25, 0.3) is 0 Å². The second-order valence-corrected chi connectivity index (χ2v) is 3.73. The van der Waals surface area contributed by atoms with E-state index in [-0.39, 0.29) is 24.3 Å². The summed E-state index contributed by atoms with van der Waals surface area (Å²) < 4.78 is 25.5. The van der Waals surface area contributed by atoms with Gasteiger partial charge in [0.15, 0.2) is 0 Å². The van der Waals surface area contributed by atoms with Crippen LogP contribution in [0.15, 0.2) is 24.3 Å². The molecule has 0 aliphatic carbocycles. The van der Waals surface area contributed by atoms with Gasteiger partial charge >= 0.3 is 0 Å². The number of rotatable bonds is 2. The number of hydrogen-bond acceptors (Lipinski definition) is 1. The molecule has 1 fully saturated rings. The van der Waals surface area contributed by atoms with Gasteiger partial charge in [-0.3, -0.25) is 4.39 Å². The standard InChI is InChI=1S/C11H13F2N/c12-5-9-6-14-7-11(9)8-2-1-3-10(13)4-8/h1-4,9,11,14H,5-7H2. The predicted molar refractivity (Wildman–Crippen MR) is 51.5 cm³/mol. The summed E-state index contributed by atoms with van der Waals surface area (Å²) in [4.78, 5) is 0. The van der Waals surface area contributed by atoms with Crippen molar-refractivity contribution >= 4 is 0 Å². The molecule has 0 amide bonds. The Morgan fingerprint density at radius 3 is 2.93 bits per heavy atom. The van der Waals surface area contributed by atoms with Crippen LogP contribution in [0.4, 0.5) is 8.78 Å². The molecule has 0 radical (unpaired) electrons. The largest absolute Gasteiger partial charge is 0.316 e. The van der Waals surface area contributed by atoms with Gasteiger partial charge in [0.2, 0.25) is 0 Å². The van der Waals surface area contributed by atoms with Crippen LogP contribution in [-0.4, -0.2) is 19.8 Å². The van der Waals surface area contributed by atoms with E-state index in [1.807, 2.05) is 6.07 Å². The van der Waals surface area contributed by atoms with E-state index < -0.39 is 0 Å². The van der Waals surface area contributed by atoms with Crippen molar-refractivity contribution in [2.75, 3.05) is 19.8 Å². The van der Waals surface area contributed by atoms with E-state index in [9.17, 15) is 8.78 Å². The van der Waals surface area contributed by atoms with Crippen LogP contribution >= 0.6 is 0 Å². The van der Waals surface area contributed by atoms with Crippen molar-refractivity contribution in [2.45, 2.75) is 5.92 Å². The SMILES string of the molecule is FCC1CNCC1c1cccc(F)c1.